The average Bonchev–Trinajstić information content (AvgIpc) is 3.02. The van der Waals surface area contributed by atoms with Crippen LogP contribution >= 0.6 is 0 Å². The number of aromatic nitrogens is 1. The Bertz CT molecular complexity index is 911. The Labute approximate surface area is 143 Å². The standard InChI is InChI=1S/C22H23NO/c1-14(2)16-12-11-15(3)13-21(16)24-22-17-7-4-5-9-19(17)23-20-10-6-8-18(20)22/h4-5,7,9,11-14H,6,8,10H2,1-3H3. The van der Waals surface area contributed by atoms with Gasteiger partial charge in [-0.3, -0.25) is 4.98 Å². The van der Waals surface area contributed by atoms with E-state index in [1.54, 1.807) is 0 Å². The van der Waals surface area contributed by atoms with Crippen molar-refractivity contribution in [2.24, 2.45) is 0 Å². The predicted molar refractivity (Wildman–Crippen MR) is 99.1 cm³/mol. The zero-order valence-electron chi connectivity index (χ0n) is 14.6. The Morgan fingerprint density at radius 2 is 1.88 bits per heavy atom. The van der Waals surface area contributed by atoms with Gasteiger partial charge >= 0.3 is 0 Å². The van der Waals surface area contributed by atoms with Crippen LogP contribution in [0.3, 0.4) is 0 Å². The van der Waals surface area contributed by atoms with Crippen molar-refractivity contribution in [1.29, 1.82) is 0 Å². The maximum atomic E-state index is 6.57. The number of pyridine rings is 1. The Morgan fingerprint density at radius 1 is 1.04 bits per heavy atom. The minimum absolute atomic E-state index is 0.432. The molecule has 0 saturated carbocycles. The summed E-state index contributed by atoms with van der Waals surface area (Å²) >= 11 is 0. The monoisotopic (exact) mass is 317 g/mol. The van der Waals surface area contributed by atoms with E-state index in [9.17, 15) is 0 Å². The van der Waals surface area contributed by atoms with E-state index < -0.39 is 0 Å². The molecule has 0 atom stereocenters. The summed E-state index contributed by atoms with van der Waals surface area (Å²) < 4.78 is 6.57. The SMILES string of the molecule is Cc1ccc(C(C)C)c(Oc2c3c(nc4ccccc24)CCC3)c1. The Kier molecular flexibility index (Phi) is 3.76. The third kappa shape index (κ3) is 2.56. The lowest BCUT2D eigenvalue weighted by Gasteiger charge is -2.18. The molecule has 0 amide bonds. The number of rotatable bonds is 3. The molecule has 1 aliphatic carbocycles. The topological polar surface area (TPSA) is 22.1 Å². The van der Waals surface area contributed by atoms with Gasteiger partial charge in [0.25, 0.3) is 0 Å². The van der Waals surface area contributed by atoms with Crippen LogP contribution in [0.5, 0.6) is 11.5 Å². The number of para-hydroxylation sites is 1. The fourth-order valence-electron chi connectivity index (χ4n) is 3.60. The van der Waals surface area contributed by atoms with Gasteiger partial charge in [-0.1, -0.05) is 38.1 Å². The Morgan fingerprint density at radius 3 is 2.71 bits per heavy atom. The van der Waals surface area contributed by atoms with Gasteiger partial charge < -0.3 is 4.74 Å². The van der Waals surface area contributed by atoms with E-state index in [1.807, 2.05) is 6.07 Å². The first kappa shape index (κ1) is 15.2. The highest BCUT2D eigenvalue weighted by Gasteiger charge is 2.22. The number of nitrogens with zero attached hydrogens (tertiary/aromatic N) is 1. The maximum absolute atomic E-state index is 6.57. The molecule has 1 heterocycles. The first-order valence-electron chi connectivity index (χ1n) is 8.82. The second-order valence-corrected chi connectivity index (χ2v) is 7.03. The number of hydrogen-bond donors (Lipinski definition) is 0. The molecule has 24 heavy (non-hydrogen) atoms. The number of aryl methyl sites for hydroxylation is 2. The normalized spacial score (nSPS) is 13.5. The van der Waals surface area contributed by atoms with E-state index in [0.717, 1.165) is 35.2 Å². The van der Waals surface area contributed by atoms with Crippen LogP contribution in [0, 0.1) is 6.92 Å². The van der Waals surface area contributed by atoms with E-state index >= 15 is 0 Å². The number of fused-ring (bicyclic) bond motifs is 2. The van der Waals surface area contributed by atoms with Crippen molar-refractivity contribution < 1.29 is 4.74 Å². The molecular weight excluding hydrogens is 294 g/mol. The van der Waals surface area contributed by atoms with Gasteiger partial charge in [-0.2, -0.15) is 0 Å². The number of benzene rings is 2. The van der Waals surface area contributed by atoms with Crippen LogP contribution in [0.15, 0.2) is 42.5 Å². The zero-order chi connectivity index (χ0) is 16.7. The first-order chi connectivity index (χ1) is 11.6. The molecule has 0 unspecified atom stereocenters. The van der Waals surface area contributed by atoms with Gasteiger partial charge in [0, 0.05) is 16.6 Å². The van der Waals surface area contributed by atoms with Crippen LogP contribution in [0.2, 0.25) is 0 Å². The van der Waals surface area contributed by atoms with Crippen molar-refractivity contribution in [3.8, 4) is 11.5 Å². The molecule has 4 rings (SSSR count). The minimum Gasteiger partial charge on any atom is -0.456 e. The van der Waals surface area contributed by atoms with Crippen molar-refractivity contribution in [1.82, 2.24) is 4.98 Å². The van der Waals surface area contributed by atoms with Crippen molar-refractivity contribution in [2.45, 2.75) is 46.0 Å². The van der Waals surface area contributed by atoms with Gasteiger partial charge in [0.15, 0.2) is 0 Å². The van der Waals surface area contributed by atoms with Gasteiger partial charge in [-0.25, -0.2) is 0 Å². The summed E-state index contributed by atoms with van der Waals surface area (Å²) in [6, 6.07) is 14.8. The quantitative estimate of drug-likeness (QED) is 0.595. The summed E-state index contributed by atoms with van der Waals surface area (Å²) in [4.78, 5) is 4.85. The lowest BCUT2D eigenvalue weighted by atomic mass is 10.0. The number of ether oxygens (including phenoxy) is 1. The van der Waals surface area contributed by atoms with Crippen LogP contribution in [0.1, 0.15) is 48.6 Å². The van der Waals surface area contributed by atoms with E-state index in [1.165, 1.54) is 28.8 Å². The van der Waals surface area contributed by atoms with Crippen LogP contribution in [-0.4, -0.2) is 4.98 Å². The second-order valence-electron chi connectivity index (χ2n) is 7.03. The molecule has 0 radical (unpaired) electrons. The summed E-state index contributed by atoms with van der Waals surface area (Å²) in [5, 5.41) is 1.12. The summed E-state index contributed by atoms with van der Waals surface area (Å²) in [7, 11) is 0. The molecule has 122 valence electrons. The van der Waals surface area contributed by atoms with Crippen LogP contribution < -0.4 is 4.74 Å². The van der Waals surface area contributed by atoms with Gasteiger partial charge in [-0.05, 0) is 61.4 Å². The third-order valence-corrected chi connectivity index (χ3v) is 4.87. The first-order valence-corrected chi connectivity index (χ1v) is 8.82. The highest BCUT2D eigenvalue weighted by atomic mass is 16.5. The fourth-order valence-corrected chi connectivity index (χ4v) is 3.60. The predicted octanol–water partition coefficient (Wildman–Crippen LogP) is 5.95. The highest BCUT2D eigenvalue weighted by Crippen LogP contribution is 2.40. The van der Waals surface area contributed by atoms with Crippen LogP contribution in [-0.2, 0) is 12.8 Å². The molecule has 1 aliphatic rings. The molecule has 0 saturated heterocycles. The molecule has 0 aliphatic heterocycles. The van der Waals surface area contributed by atoms with Crippen LogP contribution in [0.4, 0.5) is 0 Å². The summed E-state index contributed by atoms with van der Waals surface area (Å²) in [5.41, 5.74) is 6.02. The third-order valence-electron chi connectivity index (χ3n) is 4.87. The largest absolute Gasteiger partial charge is 0.456 e. The molecule has 2 nitrogen and oxygen atoms in total. The van der Waals surface area contributed by atoms with Crippen molar-refractivity contribution >= 4 is 10.9 Å². The second kappa shape index (κ2) is 5.94. The van der Waals surface area contributed by atoms with E-state index in [4.69, 9.17) is 9.72 Å². The van der Waals surface area contributed by atoms with Gasteiger partial charge in [0.2, 0.25) is 0 Å². The summed E-state index contributed by atoms with van der Waals surface area (Å²) in [6.07, 6.45) is 3.28. The van der Waals surface area contributed by atoms with Crippen molar-refractivity contribution in [2.75, 3.05) is 0 Å². The molecule has 2 heteroatoms. The average molecular weight is 317 g/mol. The molecule has 1 aromatic heterocycles. The Hall–Kier alpha value is -2.35. The maximum Gasteiger partial charge on any atom is 0.141 e. The van der Waals surface area contributed by atoms with Crippen LogP contribution in [0.25, 0.3) is 10.9 Å². The lowest BCUT2D eigenvalue weighted by molar-refractivity contribution is 0.472. The minimum atomic E-state index is 0.432. The van der Waals surface area contributed by atoms with Gasteiger partial charge in [0.05, 0.1) is 5.52 Å². The van der Waals surface area contributed by atoms with Crippen molar-refractivity contribution in [3.05, 3.63) is 64.8 Å². The molecule has 0 bridgehead atoms. The number of hydrogen-bond acceptors (Lipinski definition) is 2. The highest BCUT2D eigenvalue weighted by molar-refractivity contribution is 5.87. The molecule has 3 aromatic rings. The molecule has 0 spiro atoms. The Balaban J connectivity index is 1.91. The smallest absolute Gasteiger partial charge is 0.141 e. The fraction of sp³-hybridized carbons (Fsp3) is 0.318. The molecule has 0 fully saturated rings. The van der Waals surface area contributed by atoms with Crippen molar-refractivity contribution in [3.63, 3.8) is 0 Å². The van der Waals surface area contributed by atoms with E-state index in [0.29, 0.717) is 5.92 Å². The summed E-state index contributed by atoms with van der Waals surface area (Å²) in [5.74, 6) is 2.43. The molecule has 2 aromatic carbocycles. The van der Waals surface area contributed by atoms with Gasteiger partial charge in [0.1, 0.15) is 11.5 Å². The molecule has 0 N–H and O–H groups in total. The lowest BCUT2D eigenvalue weighted by Crippen LogP contribution is -1.99. The van der Waals surface area contributed by atoms with E-state index in [2.05, 4.69) is 57.2 Å². The molecular formula is C22H23NO. The van der Waals surface area contributed by atoms with E-state index in [-0.39, 0.29) is 0 Å². The summed E-state index contributed by atoms with van der Waals surface area (Å²) in [6.45, 7) is 6.55. The zero-order valence-corrected chi connectivity index (χ0v) is 14.6. The van der Waals surface area contributed by atoms with Gasteiger partial charge in [-0.15, -0.1) is 0 Å².